The fraction of sp³-hybridized carbons (Fsp3) is 0.316. The fourth-order valence-electron chi connectivity index (χ4n) is 3.60. The van der Waals surface area contributed by atoms with E-state index in [1.165, 1.54) is 0 Å². The molecule has 29 heavy (non-hydrogen) atoms. The highest BCUT2D eigenvalue weighted by atomic mass is 32.2. The van der Waals surface area contributed by atoms with E-state index in [4.69, 9.17) is 10.5 Å². The normalized spacial score (nSPS) is 20.2. The third-order valence-electron chi connectivity index (χ3n) is 4.94. The molecule has 0 saturated carbocycles. The minimum absolute atomic E-state index is 0.118. The Kier molecular flexibility index (Phi) is 5.10. The second-order valence-corrected chi connectivity index (χ2v) is 8.24. The van der Waals surface area contributed by atoms with Gasteiger partial charge in [0, 0.05) is 12.7 Å². The number of likely N-dealkylation sites (tertiary alicyclic amines) is 1. The molecule has 1 aromatic heterocycles. The number of nitrogens with zero attached hydrogens (tertiary/aromatic N) is 3. The van der Waals surface area contributed by atoms with Crippen LogP contribution in [0.2, 0.25) is 0 Å². The lowest BCUT2D eigenvalue weighted by Gasteiger charge is -2.35. The highest BCUT2D eigenvalue weighted by molar-refractivity contribution is 7.91. The molecule has 3 heterocycles. The first kappa shape index (κ1) is 19.2. The second-order valence-electron chi connectivity index (χ2n) is 6.91. The van der Waals surface area contributed by atoms with E-state index in [0.717, 1.165) is 19.3 Å². The van der Waals surface area contributed by atoms with Crippen molar-refractivity contribution in [3.63, 3.8) is 0 Å². The molecule has 4 rings (SSSR count). The molecule has 1 aromatic carbocycles. The molecule has 1 fully saturated rings. The van der Waals surface area contributed by atoms with Gasteiger partial charge in [0.05, 0.1) is 17.3 Å². The van der Waals surface area contributed by atoms with Gasteiger partial charge in [0.1, 0.15) is 18.1 Å². The maximum absolute atomic E-state index is 12.9. The number of aromatic nitrogens is 1. The van der Waals surface area contributed by atoms with Gasteiger partial charge in [0.2, 0.25) is 0 Å². The summed E-state index contributed by atoms with van der Waals surface area (Å²) < 4.78 is 35.3. The molecule has 9 nitrogen and oxygen atoms in total. The summed E-state index contributed by atoms with van der Waals surface area (Å²) in [5.74, 6) is 0.171. The third-order valence-corrected chi connectivity index (χ3v) is 5.86. The molecule has 2 aliphatic heterocycles. The number of amidine groups is 1. The van der Waals surface area contributed by atoms with Crippen molar-refractivity contribution < 1.29 is 17.9 Å². The summed E-state index contributed by atoms with van der Waals surface area (Å²) in [5.41, 5.74) is 6.99. The Labute approximate surface area is 168 Å². The van der Waals surface area contributed by atoms with Gasteiger partial charge in [-0.3, -0.25) is 14.5 Å². The Morgan fingerprint density at radius 1 is 1.24 bits per heavy atom. The SMILES string of the molecule is NC1=NS(=O)(=O)Nc2cccc(OC[C@H]3CCCCN3C(=O)c3ccccn3)c21. The number of hydrogen-bond donors (Lipinski definition) is 2. The number of amides is 1. The standard InChI is InChI=1S/C19H21N5O4S/c20-18-17-14(22-29(26,27)23-18)8-5-9-16(17)28-12-13-6-2-4-11-24(13)19(25)15-7-1-3-10-21-15/h1,3,5,7-10,13,22H,2,4,6,11-12H2,(H2,20,23)/t13-/m1/s1. The van der Waals surface area contributed by atoms with Gasteiger partial charge in [-0.15, -0.1) is 4.40 Å². The topological polar surface area (TPSA) is 127 Å². The Hall–Kier alpha value is -3.14. The van der Waals surface area contributed by atoms with Crippen LogP contribution >= 0.6 is 0 Å². The summed E-state index contributed by atoms with van der Waals surface area (Å²) in [5, 5.41) is 0. The van der Waals surface area contributed by atoms with Crippen molar-refractivity contribution in [2.24, 2.45) is 10.1 Å². The zero-order valence-corrected chi connectivity index (χ0v) is 16.4. The van der Waals surface area contributed by atoms with E-state index in [2.05, 4.69) is 14.1 Å². The van der Waals surface area contributed by atoms with Crippen LogP contribution in [0.25, 0.3) is 0 Å². The lowest BCUT2D eigenvalue weighted by Crippen LogP contribution is -2.47. The number of pyridine rings is 1. The molecule has 1 amide bonds. The average Bonchev–Trinajstić information content (AvgIpc) is 2.71. The zero-order valence-electron chi connectivity index (χ0n) is 15.6. The maximum Gasteiger partial charge on any atom is 0.344 e. The van der Waals surface area contributed by atoms with E-state index in [-0.39, 0.29) is 24.4 Å². The molecule has 2 aliphatic rings. The summed E-state index contributed by atoms with van der Waals surface area (Å²) in [4.78, 5) is 18.8. The van der Waals surface area contributed by atoms with Gasteiger partial charge in [0.25, 0.3) is 5.91 Å². The van der Waals surface area contributed by atoms with Crippen molar-refractivity contribution in [2.75, 3.05) is 17.9 Å². The highest BCUT2D eigenvalue weighted by Gasteiger charge is 2.30. The van der Waals surface area contributed by atoms with Crippen LogP contribution in [0.5, 0.6) is 5.75 Å². The quantitative estimate of drug-likeness (QED) is 0.780. The van der Waals surface area contributed by atoms with Gasteiger partial charge in [-0.25, -0.2) is 0 Å². The second kappa shape index (κ2) is 7.70. The molecule has 2 aromatic rings. The van der Waals surface area contributed by atoms with E-state index in [1.807, 2.05) is 0 Å². The lowest BCUT2D eigenvalue weighted by atomic mass is 10.0. The van der Waals surface area contributed by atoms with Gasteiger partial charge in [-0.2, -0.15) is 8.42 Å². The van der Waals surface area contributed by atoms with Gasteiger partial charge in [0.15, 0.2) is 5.84 Å². The van der Waals surface area contributed by atoms with Crippen LogP contribution in [-0.2, 0) is 10.2 Å². The van der Waals surface area contributed by atoms with E-state index in [0.29, 0.717) is 29.2 Å². The number of hydrogen-bond acceptors (Lipinski definition) is 6. The van der Waals surface area contributed by atoms with Crippen LogP contribution < -0.4 is 15.2 Å². The third kappa shape index (κ3) is 4.02. The van der Waals surface area contributed by atoms with Crippen molar-refractivity contribution in [3.05, 3.63) is 53.9 Å². The van der Waals surface area contributed by atoms with Crippen molar-refractivity contribution in [1.82, 2.24) is 9.88 Å². The largest absolute Gasteiger partial charge is 0.491 e. The summed E-state index contributed by atoms with van der Waals surface area (Å²) in [6, 6.07) is 10.1. The summed E-state index contributed by atoms with van der Waals surface area (Å²) in [6.45, 7) is 0.898. The molecule has 0 unspecified atom stereocenters. The molecule has 10 heteroatoms. The minimum Gasteiger partial charge on any atom is -0.491 e. The average molecular weight is 415 g/mol. The van der Waals surface area contributed by atoms with Crippen LogP contribution in [0.3, 0.4) is 0 Å². The fourth-order valence-corrected chi connectivity index (χ4v) is 4.45. The predicted octanol–water partition coefficient (Wildman–Crippen LogP) is 1.53. The van der Waals surface area contributed by atoms with Gasteiger partial charge < -0.3 is 15.4 Å². The van der Waals surface area contributed by atoms with Crippen molar-refractivity contribution in [2.45, 2.75) is 25.3 Å². The Balaban J connectivity index is 1.53. The zero-order chi connectivity index (χ0) is 20.4. The van der Waals surface area contributed by atoms with E-state index in [9.17, 15) is 13.2 Å². The molecule has 1 saturated heterocycles. The number of fused-ring (bicyclic) bond motifs is 1. The number of nitrogens with one attached hydrogen (secondary N) is 1. The molecular weight excluding hydrogens is 394 g/mol. The summed E-state index contributed by atoms with van der Waals surface area (Å²) in [7, 11) is -3.85. The van der Waals surface area contributed by atoms with Crippen LogP contribution in [0.4, 0.5) is 5.69 Å². The summed E-state index contributed by atoms with van der Waals surface area (Å²) in [6.07, 6.45) is 4.33. The number of carbonyl (C=O) groups is 1. The van der Waals surface area contributed by atoms with Crippen LogP contribution in [0, 0.1) is 0 Å². The Morgan fingerprint density at radius 2 is 2.10 bits per heavy atom. The number of rotatable bonds is 4. The van der Waals surface area contributed by atoms with Gasteiger partial charge >= 0.3 is 10.2 Å². The first-order valence-electron chi connectivity index (χ1n) is 9.31. The monoisotopic (exact) mass is 415 g/mol. The molecule has 152 valence electrons. The predicted molar refractivity (Wildman–Crippen MR) is 108 cm³/mol. The summed E-state index contributed by atoms with van der Waals surface area (Å²) >= 11 is 0. The molecular formula is C19H21N5O4S. The number of anilines is 1. The van der Waals surface area contributed by atoms with Crippen LogP contribution in [-0.4, -0.2) is 49.2 Å². The smallest absolute Gasteiger partial charge is 0.344 e. The number of ether oxygens (including phenoxy) is 1. The Morgan fingerprint density at radius 3 is 2.90 bits per heavy atom. The number of piperidine rings is 1. The maximum atomic E-state index is 12.9. The van der Waals surface area contributed by atoms with Gasteiger partial charge in [-0.05, 0) is 43.5 Å². The Bertz CT molecular complexity index is 1060. The molecule has 3 N–H and O–H groups in total. The van der Waals surface area contributed by atoms with Crippen LogP contribution in [0.15, 0.2) is 47.0 Å². The van der Waals surface area contributed by atoms with E-state index in [1.54, 1.807) is 47.5 Å². The van der Waals surface area contributed by atoms with Crippen molar-refractivity contribution >= 4 is 27.6 Å². The van der Waals surface area contributed by atoms with E-state index < -0.39 is 10.2 Å². The van der Waals surface area contributed by atoms with E-state index >= 15 is 0 Å². The molecule has 1 atom stereocenters. The molecule has 0 radical (unpaired) electrons. The van der Waals surface area contributed by atoms with Crippen molar-refractivity contribution in [3.8, 4) is 5.75 Å². The molecule has 0 aliphatic carbocycles. The first-order valence-corrected chi connectivity index (χ1v) is 10.7. The van der Waals surface area contributed by atoms with Crippen molar-refractivity contribution in [1.29, 1.82) is 0 Å². The first-order chi connectivity index (χ1) is 13.9. The highest BCUT2D eigenvalue weighted by Crippen LogP contribution is 2.31. The lowest BCUT2D eigenvalue weighted by molar-refractivity contribution is 0.0522. The number of nitrogens with two attached hydrogens (primary N) is 1. The molecule has 0 spiro atoms. The number of benzene rings is 1. The number of carbonyl (C=O) groups excluding carboxylic acids is 1. The van der Waals surface area contributed by atoms with Crippen LogP contribution in [0.1, 0.15) is 35.3 Å². The minimum atomic E-state index is -3.85. The van der Waals surface area contributed by atoms with Gasteiger partial charge in [-0.1, -0.05) is 12.1 Å². The molecule has 0 bridgehead atoms.